The van der Waals surface area contributed by atoms with Gasteiger partial charge in [-0.3, -0.25) is 0 Å². The van der Waals surface area contributed by atoms with Crippen molar-refractivity contribution in [2.24, 2.45) is 0 Å². The normalized spacial score (nSPS) is 11.0. The Balaban J connectivity index is 2.24. The Kier molecular flexibility index (Phi) is 4.17. The molecule has 0 unspecified atom stereocenters. The third kappa shape index (κ3) is 3.09. The van der Waals surface area contributed by atoms with Gasteiger partial charge in [-0.15, -0.1) is 0 Å². The Morgan fingerprint density at radius 3 is 1.68 bits per heavy atom. The number of rotatable bonds is 5. The number of hydrogen-bond donors (Lipinski definition) is 2. The molecule has 0 aromatic heterocycles. The molecule has 114 valence electrons. The van der Waals surface area contributed by atoms with Crippen molar-refractivity contribution < 1.29 is 24.5 Å². The van der Waals surface area contributed by atoms with Crippen LogP contribution in [0.2, 0.25) is 0 Å². The van der Waals surface area contributed by atoms with Gasteiger partial charge in [-0.1, -0.05) is 42.0 Å². The van der Waals surface area contributed by atoms with Gasteiger partial charge in [0.1, 0.15) is 5.75 Å². The lowest BCUT2D eigenvalue weighted by Crippen LogP contribution is -2.49. The van der Waals surface area contributed by atoms with Crippen LogP contribution >= 0.6 is 0 Å². The molecule has 0 fully saturated rings. The van der Waals surface area contributed by atoms with E-state index in [9.17, 15) is 9.59 Å². The van der Waals surface area contributed by atoms with Gasteiger partial charge in [0.25, 0.3) is 5.60 Å². The molecule has 22 heavy (non-hydrogen) atoms. The highest BCUT2D eigenvalue weighted by molar-refractivity contribution is 6.01. The summed E-state index contributed by atoms with van der Waals surface area (Å²) >= 11 is 0. The molecule has 2 aromatic carbocycles. The van der Waals surface area contributed by atoms with Crippen LogP contribution in [-0.4, -0.2) is 27.8 Å². The fraction of sp³-hybridized carbons (Fsp3) is 0.176. The lowest BCUT2D eigenvalue weighted by molar-refractivity contribution is -0.170. The van der Waals surface area contributed by atoms with Crippen molar-refractivity contribution in [3.8, 4) is 16.9 Å². The van der Waals surface area contributed by atoms with Gasteiger partial charge in [0, 0.05) is 0 Å². The van der Waals surface area contributed by atoms with Gasteiger partial charge in [0.05, 0.1) is 0 Å². The number of carbonyl (C=O) groups is 2. The maximum absolute atomic E-state index is 11.1. The fourth-order valence-electron chi connectivity index (χ4n) is 1.88. The smallest absolute Gasteiger partial charge is 0.359 e. The van der Waals surface area contributed by atoms with Gasteiger partial charge in [-0.2, -0.15) is 0 Å². The number of benzene rings is 2. The van der Waals surface area contributed by atoms with Gasteiger partial charge in [0.2, 0.25) is 0 Å². The van der Waals surface area contributed by atoms with Crippen LogP contribution in [0.4, 0.5) is 0 Å². The zero-order chi connectivity index (χ0) is 16.3. The number of carboxylic acid groups (broad SMARTS) is 2. The summed E-state index contributed by atoms with van der Waals surface area (Å²) in [5.41, 5.74) is 0.782. The number of aliphatic carboxylic acids is 2. The topological polar surface area (TPSA) is 83.8 Å². The van der Waals surface area contributed by atoms with Crippen LogP contribution in [-0.2, 0) is 9.59 Å². The van der Waals surface area contributed by atoms with E-state index < -0.39 is 17.5 Å². The van der Waals surface area contributed by atoms with Crippen LogP contribution in [0.15, 0.2) is 48.5 Å². The number of carboxylic acids is 2. The fourth-order valence-corrected chi connectivity index (χ4v) is 1.88. The van der Waals surface area contributed by atoms with Gasteiger partial charge < -0.3 is 14.9 Å². The predicted molar refractivity (Wildman–Crippen MR) is 80.9 cm³/mol. The second-order valence-electron chi connectivity index (χ2n) is 5.14. The summed E-state index contributed by atoms with van der Waals surface area (Å²) in [6, 6.07) is 14.6. The summed E-state index contributed by atoms with van der Waals surface area (Å²) in [5, 5.41) is 18.0. The molecular weight excluding hydrogens is 284 g/mol. The molecule has 0 atom stereocenters. The minimum absolute atomic E-state index is 0.183. The quantitative estimate of drug-likeness (QED) is 0.829. The van der Waals surface area contributed by atoms with Gasteiger partial charge in [0.15, 0.2) is 0 Å². The first kappa shape index (κ1) is 15.6. The molecule has 2 N–H and O–H groups in total. The Labute approximate surface area is 127 Å². The van der Waals surface area contributed by atoms with Crippen molar-refractivity contribution in [1.29, 1.82) is 0 Å². The molecule has 0 amide bonds. The molecule has 0 spiro atoms. The third-order valence-electron chi connectivity index (χ3n) is 3.38. The standard InChI is InChI=1S/C17H16O5/c1-11-3-5-12(6-4-11)13-7-9-14(10-8-13)22-17(2,15(18)19)16(20)21/h3-10H,1-2H3,(H,18,19)(H,20,21). The summed E-state index contributed by atoms with van der Waals surface area (Å²) in [7, 11) is 0. The van der Waals surface area contributed by atoms with E-state index in [0.717, 1.165) is 23.6 Å². The van der Waals surface area contributed by atoms with E-state index in [0.29, 0.717) is 0 Å². The number of hydrogen-bond acceptors (Lipinski definition) is 3. The first-order valence-corrected chi connectivity index (χ1v) is 6.66. The average molecular weight is 300 g/mol. The maximum atomic E-state index is 11.1. The molecule has 0 aliphatic carbocycles. The molecule has 0 aliphatic heterocycles. The van der Waals surface area contributed by atoms with Crippen LogP contribution in [0.5, 0.6) is 5.75 Å². The molecule has 0 heterocycles. The van der Waals surface area contributed by atoms with E-state index in [1.165, 1.54) is 0 Å². The van der Waals surface area contributed by atoms with E-state index in [1.807, 2.05) is 31.2 Å². The number of ether oxygens (including phenoxy) is 1. The highest BCUT2D eigenvalue weighted by atomic mass is 16.6. The maximum Gasteiger partial charge on any atom is 0.359 e. The molecule has 5 nitrogen and oxygen atoms in total. The van der Waals surface area contributed by atoms with Gasteiger partial charge in [-0.25, -0.2) is 9.59 Å². The van der Waals surface area contributed by atoms with E-state index in [1.54, 1.807) is 24.3 Å². The summed E-state index contributed by atoms with van der Waals surface area (Å²) in [4.78, 5) is 22.2. The van der Waals surface area contributed by atoms with Crippen LogP contribution in [0.3, 0.4) is 0 Å². The zero-order valence-corrected chi connectivity index (χ0v) is 12.2. The molecule has 0 bridgehead atoms. The SMILES string of the molecule is Cc1ccc(-c2ccc(OC(C)(C(=O)O)C(=O)O)cc2)cc1. The van der Waals surface area contributed by atoms with E-state index >= 15 is 0 Å². The van der Waals surface area contributed by atoms with Crippen molar-refractivity contribution in [3.05, 3.63) is 54.1 Å². The largest absolute Gasteiger partial charge is 0.478 e. The molecule has 0 radical (unpaired) electrons. The van der Waals surface area contributed by atoms with E-state index in [4.69, 9.17) is 14.9 Å². The molecular formula is C17H16O5. The predicted octanol–water partition coefficient (Wildman–Crippen LogP) is 2.97. The summed E-state index contributed by atoms with van der Waals surface area (Å²) in [6.45, 7) is 3.00. The lowest BCUT2D eigenvalue weighted by atomic mass is 10.0. The summed E-state index contributed by atoms with van der Waals surface area (Å²) < 4.78 is 5.14. The molecule has 2 rings (SSSR count). The lowest BCUT2D eigenvalue weighted by Gasteiger charge is -2.21. The molecule has 2 aromatic rings. The summed E-state index contributed by atoms with van der Waals surface area (Å²) in [6.07, 6.45) is 0. The molecule has 5 heteroatoms. The second kappa shape index (κ2) is 5.89. The first-order valence-electron chi connectivity index (χ1n) is 6.66. The van der Waals surface area contributed by atoms with Crippen molar-refractivity contribution in [1.82, 2.24) is 0 Å². The average Bonchev–Trinajstić information content (AvgIpc) is 2.48. The molecule has 0 saturated heterocycles. The van der Waals surface area contributed by atoms with E-state index in [-0.39, 0.29) is 5.75 Å². The van der Waals surface area contributed by atoms with Crippen LogP contribution in [0.1, 0.15) is 12.5 Å². The van der Waals surface area contributed by atoms with Crippen LogP contribution < -0.4 is 4.74 Å². The van der Waals surface area contributed by atoms with Gasteiger partial charge >= 0.3 is 11.9 Å². The minimum atomic E-state index is -2.31. The zero-order valence-electron chi connectivity index (χ0n) is 12.2. The highest BCUT2D eigenvalue weighted by Crippen LogP contribution is 2.25. The van der Waals surface area contributed by atoms with E-state index in [2.05, 4.69) is 0 Å². The number of aryl methyl sites for hydroxylation is 1. The Morgan fingerprint density at radius 2 is 1.27 bits per heavy atom. The Hall–Kier alpha value is -2.82. The van der Waals surface area contributed by atoms with Crippen molar-refractivity contribution >= 4 is 11.9 Å². The second-order valence-corrected chi connectivity index (χ2v) is 5.14. The van der Waals surface area contributed by atoms with Crippen LogP contribution in [0, 0.1) is 6.92 Å². The molecule has 0 aliphatic rings. The van der Waals surface area contributed by atoms with Gasteiger partial charge in [-0.05, 0) is 37.1 Å². The molecule has 0 saturated carbocycles. The van der Waals surface area contributed by atoms with Crippen molar-refractivity contribution in [3.63, 3.8) is 0 Å². The van der Waals surface area contributed by atoms with Crippen molar-refractivity contribution in [2.45, 2.75) is 19.4 Å². The van der Waals surface area contributed by atoms with Crippen molar-refractivity contribution in [2.75, 3.05) is 0 Å². The highest BCUT2D eigenvalue weighted by Gasteiger charge is 2.44. The Morgan fingerprint density at radius 1 is 0.864 bits per heavy atom. The monoisotopic (exact) mass is 300 g/mol. The van der Waals surface area contributed by atoms with Crippen LogP contribution in [0.25, 0.3) is 11.1 Å². The minimum Gasteiger partial charge on any atom is -0.478 e. The first-order chi connectivity index (χ1) is 10.3. The third-order valence-corrected chi connectivity index (χ3v) is 3.38. The Bertz CT molecular complexity index is 672. The summed E-state index contributed by atoms with van der Waals surface area (Å²) in [5.74, 6) is -2.92.